The van der Waals surface area contributed by atoms with Crippen LogP contribution in [0, 0.1) is 17.0 Å². The Balaban J connectivity index is 1.03. The number of carbonyl (C=O) groups excluding carboxylic acids is 1. The lowest BCUT2D eigenvalue weighted by atomic mass is 9.72. The SMILES string of the molecule is C[C@H](Nc1nc(N)n2nc(-c3ccco3)nc2n1)C(=O)N1CCC2(CC1)CN(Cc1ccc(F)cc1F)C2. The zero-order chi connectivity index (χ0) is 26.4. The second kappa shape index (κ2) is 9.31. The number of fused-ring (bicyclic) bond motifs is 1. The summed E-state index contributed by atoms with van der Waals surface area (Å²) in [5.74, 6) is 0.179. The fourth-order valence-corrected chi connectivity index (χ4v) is 5.33. The van der Waals surface area contributed by atoms with E-state index in [9.17, 15) is 13.6 Å². The number of rotatable bonds is 6. The van der Waals surface area contributed by atoms with Crippen molar-refractivity contribution >= 4 is 23.6 Å². The first-order valence-electron chi connectivity index (χ1n) is 12.4. The minimum atomic E-state index is -0.572. The Hall–Kier alpha value is -4.13. The number of amides is 1. The van der Waals surface area contributed by atoms with Crippen molar-refractivity contribution in [2.45, 2.75) is 32.4 Å². The molecule has 0 radical (unpaired) electrons. The number of carbonyl (C=O) groups is 1. The van der Waals surface area contributed by atoms with Gasteiger partial charge in [0.05, 0.1) is 6.26 Å². The Morgan fingerprint density at radius 3 is 2.68 bits per heavy atom. The summed E-state index contributed by atoms with van der Waals surface area (Å²) in [5.41, 5.74) is 6.68. The number of hydrogen-bond acceptors (Lipinski definition) is 9. The molecule has 13 heteroatoms. The second-order valence-corrected chi connectivity index (χ2v) is 10.1. The van der Waals surface area contributed by atoms with E-state index in [-0.39, 0.29) is 29.0 Å². The van der Waals surface area contributed by atoms with Crippen molar-refractivity contribution in [1.29, 1.82) is 0 Å². The van der Waals surface area contributed by atoms with Crippen LogP contribution in [0.1, 0.15) is 25.3 Å². The van der Waals surface area contributed by atoms with Gasteiger partial charge >= 0.3 is 0 Å². The maximum absolute atomic E-state index is 14.0. The van der Waals surface area contributed by atoms with Crippen molar-refractivity contribution in [2.24, 2.45) is 5.41 Å². The molecule has 2 saturated heterocycles. The van der Waals surface area contributed by atoms with Gasteiger partial charge in [-0.15, -0.1) is 5.10 Å². The molecule has 0 saturated carbocycles. The molecule has 2 aliphatic heterocycles. The Kier molecular flexibility index (Phi) is 5.94. The monoisotopic (exact) mass is 523 g/mol. The Morgan fingerprint density at radius 1 is 1.18 bits per heavy atom. The van der Waals surface area contributed by atoms with E-state index in [0.29, 0.717) is 36.8 Å². The van der Waals surface area contributed by atoms with Crippen LogP contribution in [0.5, 0.6) is 0 Å². The van der Waals surface area contributed by atoms with Crippen molar-refractivity contribution < 1.29 is 18.0 Å². The minimum Gasteiger partial charge on any atom is -0.461 e. The van der Waals surface area contributed by atoms with Gasteiger partial charge in [0, 0.05) is 44.4 Å². The average Bonchev–Trinajstić information content (AvgIpc) is 3.55. The van der Waals surface area contributed by atoms with Gasteiger partial charge in [-0.3, -0.25) is 9.69 Å². The Morgan fingerprint density at radius 2 is 1.97 bits per heavy atom. The summed E-state index contributed by atoms with van der Waals surface area (Å²) in [6.45, 7) is 5.18. The standard InChI is InChI=1S/C25H27F2N9O2/c1-15(29-23-31-22(28)36-24(32-23)30-20(33-36)19-3-2-10-38-19)21(37)35-8-6-25(7-9-35)13-34(14-25)12-16-4-5-17(26)11-18(16)27/h2-5,10-11,15H,6-9,12-14H2,1H3,(H3,28,29,30,31,32,33)/t15-/m0/s1. The summed E-state index contributed by atoms with van der Waals surface area (Å²) < 4.78 is 33.8. The van der Waals surface area contributed by atoms with Crippen LogP contribution in [0.2, 0.25) is 0 Å². The number of furan rings is 1. The van der Waals surface area contributed by atoms with E-state index in [1.165, 1.54) is 22.9 Å². The molecule has 1 spiro atoms. The highest BCUT2D eigenvalue weighted by atomic mass is 19.1. The number of nitrogen functional groups attached to an aromatic ring is 1. The van der Waals surface area contributed by atoms with E-state index in [4.69, 9.17) is 10.2 Å². The molecular weight excluding hydrogens is 496 g/mol. The van der Waals surface area contributed by atoms with Crippen LogP contribution in [0.25, 0.3) is 17.4 Å². The third-order valence-corrected chi connectivity index (χ3v) is 7.35. The molecule has 3 N–H and O–H groups in total. The van der Waals surface area contributed by atoms with Crippen molar-refractivity contribution in [3.8, 4) is 11.6 Å². The molecule has 3 aromatic heterocycles. The average molecular weight is 524 g/mol. The van der Waals surface area contributed by atoms with Crippen LogP contribution < -0.4 is 11.1 Å². The van der Waals surface area contributed by atoms with Crippen molar-refractivity contribution in [1.82, 2.24) is 34.4 Å². The Labute approximate surface area is 216 Å². The number of nitrogens with one attached hydrogen (secondary N) is 1. The van der Waals surface area contributed by atoms with Crippen molar-refractivity contribution in [3.63, 3.8) is 0 Å². The summed E-state index contributed by atoms with van der Waals surface area (Å²) in [6.07, 6.45) is 3.27. The molecule has 4 aromatic rings. The zero-order valence-electron chi connectivity index (χ0n) is 20.8. The molecule has 38 heavy (non-hydrogen) atoms. The molecule has 2 aliphatic rings. The number of benzene rings is 1. The van der Waals surface area contributed by atoms with Gasteiger partial charge in [-0.1, -0.05) is 6.07 Å². The third-order valence-electron chi connectivity index (χ3n) is 7.35. The molecule has 1 aromatic carbocycles. The first-order valence-corrected chi connectivity index (χ1v) is 12.4. The van der Waals surface area contributed by atoms with Crippen molar-refractivity contribution in [2.75, 3.05) is 37.2 Å². The van der Waals surface area contributed by atoms with Crippen LogP contribution >= 0.6 is 0 Å². The first kappa shape index (κ1) is 24.2. The van der Waals surface area contributed by atoms with Gasteiger partial charge in [0.15, 0.2) is 5.76 Å². The number of aromatic nitrogens is 5. The molecular formula is C25H27F2N9O2. The molecule has 1 amide bonds. The summed E-state index contributed by atoms with van der Waals surface area (Å²) >= 11 is 0. The van der Waals surface area contributed by atoms with Gasteiger partial charge in [-0.25, -0.2) is 8.78 Å². The number of hydrogen-bond donors (Lipinski definition) is 2. The van der Waals surface area contributed by atoms with Gasteiger partial charge in [-0.05, 0) is 43.4 Å². The number of halogens is 2. The summed E-state index contributed by atoms with van der Waals surface area (Å²) in [6, 6.07) is 6.60. The molecule has 11 nitrogen and oxygen atoms in total. The van der Waals surface area contributed by atoms with Crippen LogP contribution in [0.3, 0.4) is 0 Å². The Bertz CT molecular complexity index is 1470. The number of piperidine rings is 1. The summed E-state index contributed by atoms with van der Waals surface area (Å²) in [5, 5.41) is 7.31. The number of nitrogens with two attached hydrogens (primary N) is 1. The zero-order valence-corrected chi connectivity index (χ0v) is 20.8. The highest BCUT2D eigenvalue weighted by Crippen LogP contribution is 2.41. The maximum atomic E-state index is 14.0. The smallest absolute Gasteiger partial charge is 0.259 e. The van der Waals surface area contributed by atoms with Gasteiger partial charge < -0.3 is 20.4 Å². The minimum absolute atomic E-state index is 0.0517. The second-order valence-electron chi connectivity index (χ2n) is 10.1. The fourth-order valence-electron chi connectivity index (χ4n) is 5.33. The van der Waals surface area contributed by atoms with Gasteiger partial charge in [0.25, 0.3) is 5.78 Å². The highest BCUT2D eigenvalue weighted by molar-refractivity contribution is 5.84. The largest absolute Gasteiger partial charge is 0.461 e. The summed E-state index contributed by atoms with van der Waals surface area (Å²) in [7, 11) is 0. The highest BCUT2D eigenvalue weighted by Gasteiger charge is 2.45. The van der Waals surface area contributed by atoms with E-state index >= 15 is 0 Å². The van der Waals surface area contributed by atoms with E-state index in [1.807, 2.05) is 4.90 Å². The number of likely N-dealkylation sites (tertiary alicyclic amines) is 2. The van der Waals surface area contributed by atoms with Crippen LogP contribution in [-0.4, -0.2) is 72.5 Å². The molecule has 198 valence electrons. The fraction of sp³-hybridized carbons (Fsp3) is 0.400. The topological polar surface area (TPSA) is 131 Å². The number of nitrogens with zero attached hydrogens (tertiary/aromatic N) is 7. The lowest BCUT2D eigenvalue weighted by Gasteiger charge is -2.54. The molecule has 0 bridgehead atoms. The quantitative estimate of drug-likeness (QED) is 0.391. The molecule has 6 rings (SSSR count). The predicted molar refractivity (Wildman–Crippen MR) is 134 cm³/mol. The van der Waals surface area contributed by atoms with Gasteiger partial charge in [0.1, 0.15) is 17.7 Å². The normalized spacial score (nSPS) is 18.0. The van der Waals surface area contributed by atoms with Gasteiger partial charge in [0.2, 0.25) is 23.6 Å². The van der Waals surface area contributed by atoms with Crippen LogP contribution in [-0.2, 0) is 11.3 Å². The van der Waals surface area contributed by atoms with Gasteiger partial charge in [-0.2, -0.15) is 19.5 Å². The molecule has 2 fully saturated rings. The lowest BCUT2D eigenvalue weighted by molar-refractivity contribution is -0.137. The van der Waals surface area contributed by atoms with E-state index < -0.39 is 17.7 Å². The molecule has 1 atom stereocenters. The molecule has 5 heterocycles. The third kappa shape index (κ3) is 4.53. The number of anilines is 2. The molecule has 0 aliphatic carbocycles. The van der Waals surface area contributed by atoms with E-state index in [2.05, 4.69) is 30.3 Å². The lowest BCUT2D eigenvalue weighted by Crippen LogP contribution is -2.61. The van der Waals surface area contributed by atoms with Crippen molar-refractivity contribution in [3.05, 3.63) is 53.8 Å². The summed E-state index contributed by atoms with van der Waals surface area (Å²) in [4.78, 5) is 30.1. The van der Waals surface area contributed by atoms with E-state index in [0.717, 1.165) is 32.0 Å². The maximum Gasteiger partial charge on any atom is 0.259 e. The van der Waals surface area contributed by atoms with E-state index in [1.54, 1.807) is 19.1 Å². The van der Waals surface area contributed by atoms with Crippen LogP contribution in [0.4, 0.5) is 20.7 Å². The predicted octanol–water partition coefficient (Wildman–Crippen LogP) is 2.56. The molecule has 0 unspecified atom stereocenters. The first-order chi connectivity index (χ1) is 18.3. The van der Waals surface area contributed by atoms with Crippen LogP contribution in [0.15, 0.2) is 41.0 Å².